The molecule has 0 aromatic rings. The highest BCUT2D eigenvalue weighted by Gasteiger charge is 2.28. The molecule has 0 fully saturated rings. The van der Waals surface area contributed by atoms with E-state index in [0.29, 0.717) is 12.4 Å². The first-order valence-corrected chi connectivity index (χ1v) is 5.31. The van der Waals surface area contributed by atoms with Gasteiger partial charge in [-0.25, -0.2) is 0 Å². The number of primary amides is 1. The maximum atomic E-state index is 11.2. The number of amides is 1. The zero-order valence-corrected chi connectivity index (χ0v) is 10.2. The zero-order chi connectivity index (χ0) is 12.1. The molecule has 0 heterocycles. The summed E-state index contributed by atoms with van der Waals surface area (Å²) in [6.45, 7) is 8.51. The van der Waals surface area contributed by atoms with E-state index in [0.717, 1.165) is 12.8 Å². The summed E-state index contributed by atoms with van der Waals surface area (Å²) < 4.78 is 0. The van der Waals surface area contributed by atoms with Crippen molar-refractivity contribution >= 4 is 11.7 Å². The summed E-state index contributed by atoms with van der Waals surface area (Å²) in [4.78, 5) is 15.3. The van der Waals surface area contributed by atoms with Gasteiger partial charge in [0, 0.05) is 12.5 Å². The van der Waals surface area contributed by atoms with E-state index in [9.17, 15) is 4.79 Å². The minimum absolute atomic E-state index is 0.0761. The van der Waals surface area contributed by atoms with Crippen molar-refractivity contribution in [2.45, 2.75) is 40.5 Å². The van der Waals surface area contributed by atoms with Crippen LogP contribution in [0.2, 0.25) is 0 Å². The number of nitrogens with zero attached hydrogens (tertiary/aromatic N) is 1. The predicted molar refractivity (Wildman–Crippen MR) is 63.5 cm³/mol. The third-order valence-corrected chi connectivity index (χ3v) is 2.40. The van der Waals surface area contributed by atoms with Crippen molar-refractivity contribution in [2.75, 3.05) is 6.54 Å². The second-order valence-electron chi connectivity index (χ2n) is 4.99. The molecule has 15 heavy (non-hydrogen) atoms. The maximum absolute atomic E-state index is 11.2. The fourth-order valence-corrected chi connectivity index (χ4v) is 1.55. The van der Waals surface area contributed by atoms with Crippen LogP contribution in [0.3, 0.4) is 0 Å². The van der Waals surface area contributed by atoms with Gasteiger partial charge < -0.3 is 11.5 Å². The van der Waals surface area contributed by atoms with Gasteiger partial charge in [0.1, 0.15) is 0 Å². The fraction of sp³-hybridized carbons (Fsp3) is 0.818. The van der Waals surface area contributed by atoms with Crippen molar-refractivity contribution in [3.8, 4) is 0 Å². The molecule has 0 rings (SSSR count). The molecular formula is C11H23N3O. The predicted octanol–water partition coefficient (Wildman–Crippen LogP) is 1.29. The van der Waals surface area contributed by atoms with Crippen LogP contribution in [0.15, 0.2) is 4.99 Å². The third kappa shape index (κ3) is 6.10. The van der Waals surface area contributed by atoms with Crippen molar-refractivity contribution in [3.05, 3.63) is 0 Å². The Balaban J connectivity index is 4.11. The number of rotatable bonds is 5. The summed E-state index contributed by atoms with van der Waals surface area (Å²) in [6, 6.07) is 0. The van der Waals surface area contributed by atoms with Gasteiger partial charge in [-0.1, -0.05) is 20.8 Å². The van der Waals surface area contributed by atoms with Crippen LogP contribution in [-0.4, -0.2) is 18.3 Å². The van der Waals surface area contributed by atoms with E-state index < -0.39 is 0 Å². The summed E-state index contributed by atoms with van der Waals surface area (Å²) in [5.74, 6) is 0.267. The lowest BCUT2D eigenvalue weighted by Gasteiger charge is -2.27. The molecule has 0 aliphatic carbocycles. The van der Waals surface area contributed by atoms with E-state index in [-0.39, 0.29) is 17.2 Å². The second kappa shape index (κ2) is 5.73. The molecule has 4 heteroatoms. The molecule has 0 unspecified atom stereocenters. The lowest BCUT2D eigenvalue weighted by atomic mass is 9.77. The molecule has 0 radical (unpaired) electrons. The van der Waals surface area contributed by atoms with E-state index >= 15 is 0 Å². The summed E-state index contributed by atoms with van der Waals surface area (Å²) in [7, 11) is 0. The van der Waals surface area contributed by atoms with Gasteiger partial charge in [-0.15, -0.1) is 0 Å². The van der Waals surface area contributed by atoms with Crippen molar-refractivity contribution in [2.24, 2.45) is 27.8 Å². The van der Waals surface area contributed by atoms with Gasteiger partial charge in [0.05, 0.1) is 5.84 Å². The Morgan fingerprint density at radius 1 is 1.33 bits per heavy atom. The smallest absolute Gasteiger partial charge is 0.221 e. The average molecular weight is 213 g/mol. The molecular weight excluding hydrogens is 190 g/mol. The van der Waals surface area contributed by atoms with Crippen LogP contribution in [0, 0.1) is 11.3 Å². The number of carbonyl (C=O) groups is 1. The number of nitrogens with two attached hydrogens (primary N) is 2. The Morgan fingerprint density at radius 2 is 1.87 bits per heavy atom. The highest BCUT2D eigenvalue weighted by molar-refractivity contribution is 5.77. The first-order valence-electron chi connectivity index (χ1n) is 5.31. The quantitative estimate of drug-likeness (QED) is 0.410. The number of hydrogen-bond acceptors (Lipinski definition) is 2. The van der Waals surface area contributed by atoms with Crippen molar-refractivity contribution in [1.29, 1.82) is 0 Å². The molecule has 0 aromatic carbocycles. The summed E-state index contributed by atoms with van der Waals surface area (Å²) in [6.07, 6.45) is 1.62. The minimum atomic E-state index is -0.226. The number of amidine groups is 1. The molecule has 1 amide bonds. The molecule has 0 saturated heterocycles. The van der Waals surface area contributed by atoms with Gasteiger partial charge in [0.25, 0.3) is 0 Å². The summed E-state index contributed by atoms with van der Waals surface area (Å²) >= 11 is 0. The Bertz CT molecular complexity index is 237. The van der Waals surface area contributed by atoms with Crippen molar-refractivity contribution in [1.82, 2.24) is 0 Å². The molecule has 4 nitrogen and oxygen atoms in total. The molecule has 1 atom stereocenters. The topological polar surface area (TPSA) is 81.5 Å². The highest BCUT2D eigenvalue weighted by Crippen LogP contribution is 2.29. The molecule has 0 saturated carbocycles. The van der Waals surface area contributed by atoms with Crippen LogP contribution < -0.4 is 11.5 Å². The molecule has 0 spiro atoms. The van der Waals surface area contributed by atoms with Crippen LogP contribution in [0.5, 0.6) is 0 Å². The van der Waals surface area contributed by atoms with Gasteiger partial charge in [-0.3, -0.25) is 9.79 Å². The standard InChI is InChI=1S/C11H23N3O/c1-8(12)14-7-5-6-9(10(13)15)11(2,3)4/h9H,5-7H2,1-4H3,(H2,12,14)(H2,13,15)/t9-/m0/s1. The van der Waals surface area contributed by atoms with Gasteiger partial charge in [-0.2, -0.15) is 0 Å². The third-order valence-electron chi connectivity index (χ3n) is 2.40. The van der Waals surface area contributed by atoms with Crippen LogP contribution in [0.4, 0.5) is 0 Å². The first kappa shape index (κ1) is 13.9. The zero-order valence-electron chi connectivity index (χ0n) is 10.2. The highest BCUT2D eigenvalue weighted by atomic mass is 16.1. The van der Waals surface area contributed by atoms with E-state index in [2.05, 4.69) is 4.99 Å². The molecule has 0 aliphatic heterocycles. The number of carbonyl (C=O) groups excluding carboxylic acids is 1. The van der Waals surface area contributed by atoms with Crippen LogP contribution in [-0.2, 0) is 4.79 Å². The fourth-order valence-electron chi connectivity index (χ4n) is 1.55. The van der Waals surface area contributed by atoms with E-state index in [1.165, 1.54) is 0 Å². The molecule has 88 valence electrons. The van der Waals surface area contributed by atoms with Crippen LogP contribution >= 0.6 is 0 Å². The minimum Gasteiger partial charge on any atom is -0.388 e. The monoisotopic (exact) mass is 213 g/mol. The molecule has 0 aliphatic rings. The largest absolute Gasteiger partial charge is 0.388 e. The summed E-state index contributed by atoms with van der Waals surface area (Å²) in [5.41, 5.74) is 10.7. The van der Waals surface area contributed by atoms with Crippen LogP contribution in [0.25, 0.3) is 0 Å². The molecule has 0 aromatic heterocycles. The Hall–Kier alpha value is -1.06. The van der Waals surface area contributed by atoms with E-state index in [4.69, 9.17) is 11.5 Å². The lowest BCUT2D eigenvalue weighted by Crippen LogP contribution is -2.33. The van der Waals surface area contributed by atoms with Crippen molar-refractivity contribution in [3.63, 3.8) is 0 Å². The van der Waals surface area contributed by atoms with Crippen LogP contribution in [0.1, 0.15) is 40.5 Å². The van der Waals surface area contributed by atoms with Gasteiger partial charge >= 0.3 is 0 Å². The first-order chi connectivity index (χ1) is 6.75. The number of aliphatic imine (C=N–C) groups is 1. The average Bonchev–Trinajstić information content (AvgIpc) is 1.99. The Kier molecular flexibility index (Phi) is 5.33. The molecule has 0 bridgehead atoms. The second-order valence-corrected chi connectivity index (χ2v) is 4.99. The maximum Gasteiger partial charge on any atom is 0.221 e. The Morgan fingerprint density at radius 3 is 2.20 bits per heavy atom. The normalized spacial score (nSPS) is 15.1. The number of hydrogen-bond donors (Lipinski definition) is 2. The van der Waals surface area contributed by atoms with Crippen molar-refractivity contribution < 1.29 is 4.79 Å². The summed E-state index contributed by atoms with van der Waals surface area (Å²) in [5, 5.41) is 0. The molecule has 4 N–H and O–H groups in total. The van der Waals surface area contributed by atoms with Gasteiger partial charge in [0.15, 0.2) is 0 Å². The van der Waals surface area contributed by atoms with Gasteiger partial charge in [-0.05, 0) is 25.2 Å². The lowest BCUT2D eigenvalue weighted by molar-refractivity contribution is -0.125. The van der Waals surface area contributed by atoms with E-state index in [1.807, 2.05) is 20.8 Å². The van der Waals surface area contributed by atoms with Gasteiger partial charge in [0.2, 0.25) is 5.91 Å². The Labute approximate surface area is 92.1 Å². The SMILES string of the molecule is CC(N)=NCCC[C@@H](C(N)=O)C(C)(C)C. The van der Waals surface area contributed by atoms with E-state index in [1.54, 1.807) is 6.92 Å².